The van der Waals surface area contributed by atoms with Crippen molar-refractivity contribution in [2.24, 2.45) is 0 Å². The number of H-pyrrole nitrogens is 1. The molecule has 0 unspecified atom stereocenters. The Balaban J connectivity index is 1.81. The minimum absolute atomic E-state index is 0.144. The van der Waals surface area contributed by atoms with Crippen molar-refractivity contribution in [1.29, 1.82) is 0 Å². The van der Waals surface area contributed by atoms with Crippen LogP contribution in [-0.2, 0) is 17.8 Å². The summed E-state index contributed by atoms with van der Waals surface area (Å²) < 4.78 is 49.2. The number of rotatable bonds is 6. The van der Waals surface area contributed by atoms with Crippen LogP contribution < -0.4 is 15.4 Å². The van der Waals surface area contributed by atoms with Crippen molar-refractivity contribution in [2.75, 3.05) is 36.1 Å². The quantitative estimate of drug-likeness (QED) is 0.601. The third kappa shape index (κ3) is 4.39. The largest absolute Gasteiger partial charge is 0.487 e. The molecule has 1 fully saturated rings. The maximum absolute atomic E-state index is 14.3. The second kappa shape index (κ2) is 8.62. The summed E-state index contributed by atoms with van der Waals surface area (Å²) in [5.74, 6) is -0.155. The first kappa shape index (κ1) is 21.2. The molecule has 0 atom stereocenters. The first-order valence-corrected chi connectivity index (χ1v) is 10.2. The number of para-hydroxylation sites is 1. The Morgan fingerprint density at radius 3 is 2.68 bits per heavy atom. The van der Waals surface area contributed by atoms with Crippen LogP contribution in [0.3, 0.4) is 0 Å². The minimum atomic E-state index is -4.73. The van der Waals surface area contributed by atoms with Crippen LogP contribution in [0.2, 0.25) is 0 Å². The average molecular weight is 435 g/mol. The van der Waals surface area contributed by atoms with Crippen molar-refractivity contribution in [3.8, 4) is 0 Å². The Labute approximate surface area is 177 Å². The SMILES string of the molecule is CCCn1c(N(Cc2c[nH]c3ccccc23)C(F)(F)F)nc(N2CCOCC2)cc1=O. The number of ether oxygens (including phenoxy) is 1. The molecule has 0 saturated carbocycles. The van der Waals surface area contributed by atoms with E-state index in [4.69, 9.17) is 4.74 Å². The fourth-order valence-corrected chi connectivity index (χ4v) is 3.78. The van der Waals surface area contributed by atoms with Gasteiger partial charge in [0.25, 0.3) is 5.56 Å². The van der Waals surface area contributed by atoms with E-state index in [1.807, 2.05) is 13.0 Å². The number of morpholine rings is 1. The highest BCUT2D eigenvalue weighted by Crippen LogP contribution is 2.31. The van der Waals surface area contributed by atoms with Crippen LogP contribution in [0.5, 0.6) is 0 Å². The number of halogens is 3. The predicted octanol–water partition coefficient (Wildman–Crippen LogP) is 3.50. The summed E-state index contributed by atoms with van der Waals surface area (Å²) in [6.07, 6.45) is -2.65. The van der Waals surface area contributed by atoms with Crippen molar-refractivity contribution in [1.82, 2.24) is 14.5 Å². The molecular weight excluding hydrogens is 411 g/mol. The van der Waals surface area contributed by atoms with Gasteiger partial charge in [-0.1, -0.05) is 25.1 Å². The Morgan fingerprint density at radius 2 is 1.97 bits per heavy atom. The normalized spacial score (nSPS) is 14.9. The van der Waals surface area contributed by atoms with Crippen LogP contribution in [0.15, 0.2) is 41.3 Å². The van der Waals surface area contributed by atoms with E-state index in [-0.39, 0.29) is 17.3 Å². The smallest absolute Gasteiger partial charge is 0.378 e. The van der Waals surface area contributed by atoms with Crippen LogP contribution in [0.25, 0.3) is 10.9 Å². The van der Waals surface area contributed by atoms with Gasteiger partial charge in [0.2, 0.25) is 5.95 Å². The van der Waals surface area contributed by atoms with E-state index in [0.29, 0.717) is 43.7 Å². The predicted molar refractivity (Wildman–Crippen MR) is 112 cm³/mol. The number of alkyl halides is 3. The zero-order valence-corrected chi connectivity index (χ0v) is 17.2. The van der Waals surface area contributed by atoms with Gasteiger partial charge in [-0.15, -0.1) is 13.2 Å². The molecule has 2 aromatic heterocycles. The van der Waals surface area contributed by atoms with Crippen LogP contribution >= 0.6 is 0 Å². The molecule has 0 radical (unpaired) electrons. The van der Waals surface area contributed by atoms with Crippen LogP contribution in [0.1, 0.15) is 18.9 Å². The topological polar surface area (TPSA) is 66.4 Å². The van der Waals surface area contributed by atoms with E-state index in [9.17, 15) is 18.0 Å². The molecule has 1 N–H and O–H groups in total. The Morgan fingerprint density at radius 1 is 1.23 bits per heavy atom. The third-order valence-electron chi connectivity index (χ3n) is 5.31. The molecule has 1 saturated heterocycles. The number of nitrogens with zero attached hydrogens (tertiary/aromatic N) is 4. The van der Waals surface area contributed by atoms with Gasteiger partial charge in [0.05, 0.1) is 19.8 Å². The number of hydrogen-bond donors (Lipinski definition) is 1. The van der Waals surface area contributed by atoms with Gasteiger partial charge in [-0.25, -0.2) is 4.90 Å². The van der Waals surface area contributed by atoms with Gasteiger partial charge in [0.1, 0.15) is 5.82 Å². The van der Waals surface area contributed by atoms with Crippen LogP contribution in [0, 0.1) is 0 Å². The lowest BCUT2D eigenvalue weighted by Crippen LogP contribution is -2.43. The van der Waals surface area contributed by atoms with E-state index in [0.717, 1.165) is 10.1 Å². The van der Waals surface area contributed by atoms with E-state index in [1.165, 1.54) is 6.07 Å². The summed E-state index contributed by atoms with van der Waals surface area (Å²) in [6.45, 7) is 3.31. The number of aromatic amines is 1. The molecule has 0 amide bonds. The van der Waals surface area contributed by atoms with E-state index in [2.05, 4.69) is 9.97 Å². The molecule has 31 heavy (non-hydrogen) atoms. The van der Waals surface area contributed by atoms with Gasteiger partial charge in [-0.05, 0) is 18.1 Å². The number of hydrogen-bond acceptors (Lipinski definition) is 5. The number of fused-ring (bicyclic) bond motifs is 1. The Kier molecular flexibility index (Phi) is 5.90. The molecule has 0 bridgehead atoms. The van der Waals surface area contributed by atoms with Gasteiger partial charge >= 0.3 is 6.30 Å². The molecule has 1 aliphatic rings. The van der Waals surface area contributed by atoms with Crippen LogP contribution in [0.4, 0.5) is 24.9 Å². The fraction of sp³-hybridized carbons (Fsp3) is 0.429. The Bertz CT molecular complexity index is 1100. The molecule has 0 aliphatic carbocycles. The monoisotopic (exact) mass is 435 g/mol. The second-order valence-electron chi connectivity index (χ2n) is 7.42. The van der Waals surface area contributed by atoms with Crippen LogP contribution in [-0.4, -0.2) is 47.1 Å². The maximum Gasteiger partial charge on any atom is 0.487 e. The van der Waals surface area contributed by atoms with Gasteiger partial charge in [0, 0.05) is 42.8 Å². The second-order valence-corrected chi connectivity index (χ2v) is 7.42. The van der Waals surface area contributed by atoms with Crippen molar-refractivity contribution >= 4 is 22.7 Å². The molecule has 1 aliphatic heterocycles. The highest BCUT2D eigenvalue weighted by molar-refractivity contribution is 5.83. The zero-order valence-electron chi connectivity index (χ0n) is 17.2. The minimum Gasteiger partial charge on any atom is -0.378 e. The molecule has 166 valence electrons. The fourth-order valence-electron chi connectivity index (χ4n) is 3.78. The lowest BCUT2D eigenvalue weighted by molar-refractivity contribution is -0.132. The summed E-state index contributed by atoms with van der Waals surface area (Å²) in [5.41, 5.74) is 0.726. The van der Waals surface area contributed by atoms with Crippen molar-refractivity contribution in [2.45, 2.75) is 32.7 Å². The number of benzene rings is 1. The molecule has 0 spiro atoms. The Hall–Kier alpha value is -3.01. The zero-order chi connectivity index (χ0) is 22.0. The van der Waals surface area contributed by atoms with Crippen molar-refractivity contribution in [3.05, 3.63) is 52.4 Å². The molecule has 1 aromatic carbocycles. The third-order valence-corrected chi connectivity index (χ3v) is 5.31. The number of anilines is 2. The molecular formula is C21H24F3N5O2. The molecule has 3 aromatic rings. The summed E-state index contributed by atoms with van der Waals surface area (Å²) in [6, 6.07) is 8.48. The summed E-state index contributed by atoms with van der Waals surface area (Å²) >= 11 is 0. The number of nitrogens with one attached hydrogen (secondary N) is 1. The van der Waals surface area contributed by atoms with E-state index < -0.39 is 24.4 Å². The van der Waals surface area contributed by atoms with Crippen molar-refractivity contribution < 1.29 is 17.9 Å². The standard InChI is InChI=1S/C21H24F3N5O2/c1-2-7-28-19(30)12-18(27-8-10-31-11-9-27)26-20(28)29(21(22,23)24)14-15-13-25-17-6-4-3-5-16(15)17/h3-6,12-13,25H,2,7-11,14H2,1H3. The highest BCUT2D eigenvalue weighted by Gasteiger charge is 2.41. The highest BCUT2D eigenvalue weighted by atomic mass is 19.4. The molecule has 3 heterocycles. The summed E-state index contributed by atoms with van der Waals surface area (Å²) in [7, 11) is 0. The lowest BCUT2D eigenvalue weighted by atomic mass is 10.1. The molecule has 7 nitrogen and oxygen atoms in total. The molecule has 4 rings (SSSR count). The maximum atomic E-state index is 14.3. The first-order valence-electron chi connectivity index (χ1n) is 10.2. The summed E-state index contributed by atoms with van der Waals surface area (Å²) in [4.78, 5) is 22.2. The molecule has 10 heteroatoms. The van der Waals surface area contributed by atoms with Gasteiger partial charge < -0.3 is 14.6 Å². The van der Waals surface area contributed by atoms with E-state index in [1.54, 1.807) is 29.3 Å². The lowest BCUT2D eigenvalue weighted by Gasteiger charge is -2.31. The first-order chi connectivity index (χ1) is 14.9. The van der Waals surface area contributed by atoms with Crippen molar-refractivity contribution in [3.63, 3.8) is 0 Å². The summed E-state index contributed by atoms with van der Waals surface area (Å²) in [5, 5.41) is 0.700. The number of aromatic nitrogens is 3. The average Bonchev–Trinajstić information content (AvgIpc) is 3.16. The van der Waals surface area contributed by atoms with E-state index >= 15 is 0 Å². The van der Waals surface area contributed by atoms with Gasteiger partial charge in [-0.3, -0.25) is 9.36 Å². The van der Waals surface area contributed by atoms with Gasteiger partial charge in [0.15, 0.2) is 0 Å². The van der Waals surface area contributed by atoms with Gasteiger partial charge in [-0.2, -0.15) is 4.98 Å².